The second-order valence-corrected chi connectivity index (χ2v) is 6.13. The van der Waals surface area contributed by atoms with Crippen LogP contribution in [0, 0.1) is 0 Å². The molecule has 1 aliphatic rings. The maximum Gasteiger partial charge on any atom is 0.264 e. The van der Waals surface area contributed by atoms with Crippen molar-refractivity contribution >= 4 is 17.5 Å². The summed E-state index contributed by atoms with van der Waals surface area (Å²) >= 11 is 0. The molecule has 0 unspecified atom stereocenters. The van der Waals surface area contributed by atoms with Crippen molar-refractivity contribution in [1.82, 2.24) is 5.32 Å². The van der Waals surface area contributed by atoms with E-state index in [2.05, 4.69) is 5.32 Å². The topological polar surface area (TPSA) is 58.6 Å². The fourth-order valence-electron chi connectivity index (χ4n) is 2.81. The van der Waals surface area contributed by atoms with Crippen molar-refractivity contribution in [3.05, 3.63) is 59.7 Å². The van der Waals surface area contributed by atoms with E-state index in [1.165, 1.54) is 5.56 Å². The number of ether oxygens (including phenoxy) is 1. The molecule has 1 N–H and O–H groups in total. The summed E-state index contributed by atoms with van der Waals surface area (Å²) in [5, 5.41) is 2.95. The third-order valence-corrected chi connectivity index (χ3v) is 4.33. The molecule has 0 saturated heterocycles. The van der Waals surface area contributed by atoms with E-state index in [1.54, 1.807) is 11.9 Å². The summed E-state index contributed by atoms with van der Waals surface area (Å²) < 4.78 is 5.42. The quantitative estimate of drug-likeness (QED) is 0.879. The van der Waals surface area contributed by atoms with Crippen molar-refractivity contribution in [3.63, 3.8) is 0 Å². The number of benzene rings is 2. The lowest BCUT2D eigenvalue weighted by Crippen LogP contribution is -2.35. The minimum atomic E-state index is -0.0566. The third-order valence-electron chi connectivity index (χ3n) is 4.33. The molecule has 0 spiro atoms. The number of amides is 2. The minimum absolute atomic E-state index is 0.0532. The maximum absolute atomic E-state index is 12.0. The number of aryl methyl sites for hydroxylation is 1. The number of nitrogens with one attached hydrogen (secondary N) is 1. The van der Waals surface area contributed by atoms with E-state index in [4.69, 9.17) is 4.74 Å². The van der Waals surface area contributed by atoms with E-state index in [0.717, 1.165) is 23.4 Å². The molecular formula is C20H22N2O3. The minimum Gasteiger partial charge on any atom is -0.482 e. The van der Waals surface area contributed by atoms with E-state index in [-0.39, 0.29) is 18.4 Å². The zero-order valence-corrected chi connectivity index (χ0v) is 14.3. The van der Waals surface area contributed by atoms with Gasteiger partial charge in [-0.1, -0.05) is 36.4 Å². The summed E-state index contributed by atoms with van der Waals surface area (Å²) in [5.41, 5.74) is 3.01. The van der Waals surface area contributed by atoms with E-state index in [1.807, 2.05) is 48.5 Å². The molecule has 0 bridgehead atoms. The first-order chi connectivity index (χ1) is 12.1. The van der Waals surface area contributed by atoms with Gasteiger partial charge in [0.1, 0.15) is 5.75 Å². The lowest BCUT2D eigenvalue weighted by atomic mass is 10.1. The predicted octanol–water partition coefficient (Wildman–Crippen LogP) is 2.33. The molecule has 3 rings (SSSR count). The molecule has 1 aliphatic heterocycles. The SMILES string of the molecule is CN1C(=O)COc2ccc(CCNC(=O)CCc3ccccc3)cc21. The summed E-state index contributed by atoms with van der Waals surface area (Å²) in [6, 6.07) is 15.8. The number of hydrogen-bond acceptors (Lipinski definition) is 3. The van der Waals surface area contributed by atoms with Gasteiger partial charge in [-0.25, -0.2) is 0 Å². The first-order valence-electron chi connectivity index (χ1n) is 8.46. The normalized spacial score (nSPS) is 13.2. The monoisotopic (exact) mass is 338 g/mol. The number of rotatable bonds is 6. The fraction of sp³-hybridized carbons (Fsp3) is 0.300. The summed E-state index contributed by atoms with van der Waals surface area (Å²) in [7, 11) is 1.75. The second-order valence-electron chi connectivity index (χ2n) is 6.13. The molecule has 1 heterocycles. The highest BCUT2D eigenvalue weighted by Gasteiger charge is 2.22. The second kappa shape index (κ2) is 7.83. The average Bonchev–Trinajstić information content (AvgIpc) is 2.64. The molecule has 2 aromatic carbocycles. The smallest absolute Gasteiger partial charge is 0.264 e. The van der Waals surface area contributed by atoms with Gasteiger partial charge in [-0.15, -0.1) is 0 Å². The first-order valence-corrected chi connectivity index (χ1v) is 8.46. The van der Waals surface area contributed by atoms with Gasteiger partial charge in [0.2, 0.25) is 5.91 Å². The number of nitrogens with zero attached hydrogens (tertiary/aromatic N) is 1. The van der Waals surface area contributed by atoms with Gasteiger partial charge in [0.25, 0.3) is 5.91 Å². The Morgan fingerprint density at radius 1 is 1.12 bits per heavy atom. The van der Waals surface area contributed by atoms with Gasteiger partial charge in [0, 0.05) is 20.0 Å². The number of carbonyl (C=O) groups is 2. The molecule has 0 atom stereocenters. The largest absolute Gasteiger partial charge is 0.482 e. The summed E-state index contributed by atoms with van der Waals surface area (Å²) in [5.74, 6) is 0.717. The number of hydrogen-bond donors (Lipinski definition) is 1. The van der Waals surface area contributed by atoms with Crippen LogP contribution in [0.3, 0.4) is 0 Å². The highest BCUT2D eigenvalue weighted by Crippen LogP contribution is 2.31. The van der Waals surface area contributed by atoms with Gasteiger partial charge in [0.05, 0.1) is 5.69 Å². The van der Waals surface area contributed by atoms with Gasteiger partial charge in [0.15, 0.2) is 6.61 Å². The Bertz CT molecular complexity index is 759. The molecule has 0 aromatic heterocycles. The van der Waals surface area contributed by atoms with Crippen molar-refractivity contribution in [2.75, 3.05) is 25.1 Å². The van der Waals surface area contributed by atoms with Crippen LogP contribution in [0.5, 0.6) is 5.75 Å². The van der Waals surface area contributed by atoms with Crippen molar-refractivity contribution in [3.8, 4) is 5.75 Å². The van der Waals surface area contributed by atoms with E-state index >= 15 is 0 Å². The molecule has 0 fully saturated rings. The average molecular weight is 338 g/mol. The van der Waals surface area contributed by atoms with Gasteiger partial charge in [-0.3, -0.25) is 9.59 Å². The van der Waals surface area contributed by atoms with Crippen LogP contribution in [0.1, 0.15) is 17.5 Å². The maximum atomic E-state index is 12.0. The molecule has 5 nitrogen and oxygen atoms in total. The number of carbonyl (C=O) groups excluding carboxylic acids is 2. The Kier molecular flexibility index (Phi) is 5.33. The van der Waals surface area contributed by atoms with E-state index in [0.29, 0.717) is 19.4 Å². The van der Waals surface area contributed by atoms with Crippen molar-refractivity contribution in [2.45, 2.75) is 19.3 Å². The molecule has 0 radical (unpaired) electrons. The third kappa shape index (κ3) is 4.38. The zero-order chi connectivity index (χ0) is 17.6. The summed E-state index contributed by atoms with van der Waals surface area (Å²) in [6.07, 6.45) is 1.95. The molecule has 25 heavy (non-hydrogen) atoms. The van der Waals surface area contributed by atoms with Crippen molar-refractivity contribution < 1.29 is 14.3 Å². The lowest BCUT2D eigenvalue weighted by molar-refractivity contribution is -0.121. The predicted molar refractivity (Wildman–Crippen MR) is 96.8 cm³/mol. The molecular weight excluding hydrogens is 316 g/mol. The van der Waals surface area contributed by atoms with Crippen molar-refractivity contribution in [2.24, 2.45) is 0 Å². The highest BCUT2D eigenvalue weighted by molar-refractivity contribution is 5.97. The lowest BCUT2D eigenvalue weighted by Gasteiger charge is -2.26. The van der Waals surface area contributed by atoms with Crippen LogP contribution < -0.4 is 15.0 Å². The molecule has 0 aliphatic carbocycles. The van der Waals surface area contributed by atoms with Gasteiger partial charge >= 0.3 is 0 Å². The van der Waals surface area contributed by atoms with E-state index < -0.39 is 0 Å². The Hall–Kier alpha value is -2.82. The van der Waals surface area contributed by atoms with Crippen LogP contribution in [0.15, 0.2) is 48.5 Å². The van der Waals surface area contributed by atoms with Crippen LogP contribution >= 0.6 is 0 Å². The standard InChI is InChI=1S/C20H22N2O3/c1-22-17-13-16(7-9-18(17)25-14-20(22)24)11-12-21-19(23)10-8-15-5-3-2-4-6-15/h2-7,9,13H,8,10-12,14H2,1H3,(H,21,23). The Balaban J connectivity index is 1.47. The first kappa shape index (κ1) is 17.0. The molecule has 130 valence electrons. The zero-order valence-electron chi connectivity index (χ0n) is 14.3. The summed E-state index contributed by atoms with van der Waals surface area (Å²) in [6.45, 7) is 0.658. The number of likely N-dealkylation sites (N-methyl/N-ethyl adjacent to an activating group) is 1. The van der Waals surface area contributed by atoms with Gasteiger partial charge in [-0.05, 0) is 36.1 Å². The number of anilines is 1. The van der Waals surface area contributed by atoms with Gasteiger partial charge in [-0.2, -0.15) is 0 Å². The van der Waals surface area contributed by atoms with Crippen LogP contribution in [-0.4, -0.2) is 32.0 Å². The molecule has 5 heteroatoms. The molecule has 0 saturated carbocycles. The summed E-state index contributed by atoms with van der Waals surface area (Å²) in [4.78, 5) is 25.3. The van der Waals surface area contributed by atoms with Crippen LogP contribution in [0.25, 0.3) is 0 Å². The molecule has 2 amide bonds. The van der Waals surface area contributed by atoms with Crippen molar-refractivity contribution in [1.29, 1.82) is 0 Å². The Morgan fingerprint density at radius 2 is 1.92 bits per heavy atom. The van der Waals surface area contributed by atoms with Crippen LogP contribution in [-0.2, 0) is 22.4 Å². The fourth-order valence-corrected chi connectivity index (χ4v) is 2.81. The van der Waals surface area contributed by atoms with Crippen LogP contribution in [0.2, 0.25) is 0 Å². The van der Waals surface area contributed by atoms with Gasteiger partial charge < -0.3 is 15.0 Å². The van der Waals surface area contributed by atoms with Crippen LogP contribution in [0.4, 0.5) is 5.69 Å². The number of fused-ring (bicyclic) bond motifs is 1. The highest BCUT2D eigenvalue weighted by atomic mass is 16.5. The van der Waals surface area contributed by atoms with E-state index in [9.17, 15) is 9.59 Å². The Morgan fingerprint density at radius 3 is 2.72 bits per heavy atom. The Labute approximate surface area is 147 Å². The molecule has 2 aromatic rings.